The Kier molecular flexibility index (Phi) is 5.05. The summed E-state index contributed by atoms with van der Waals surface area (Å²) in [6, 6.07) is 0. The molecule has 0 rings (SSSR count). The molecular weight excluding hydrogens is 135 g/mol. The third-order valence-electron chi connectivity index (χ3n) is 0.580. The minimum absolute atomic E-state index is 0.177. The highest BCUT2D eigenvalue weighted by Gasteiger charge is 1.94. The first-order chi connectivity index (χ1) is 3.27. The van der Waals surface area contributed by atoms with E-state index in [0.717, 1.165) is 0 Å². The van der Waals surface area contributed by atoms with Crippen molar-refractivity contribution < 1.29 is 5.11 Å². The minimum atomic E-state index is -0.313. The Morgan fingerprint density at radius 2 is 2.00 bits per heavy atom. The predicted octanol–water partition coefficient (Wildman–Crippen LogP) is 1.56. The van der Waals surface area contributed by atoms with Gasteiger partial charge in [0, 0.05) is 6.61 Å². The summed E-state index contributed by atoms with van der Waals surface area (Å²) < 4.78 is 0. The smallest absolute Gasteiger partial charge is 0.107 e. The van der Waals surface area contributed by atoms with Gasteiger partial charge in [-0.1, -0.05) is 0 Å². The van der Waals surface area contributed by atoms with Crippen molar-refractivity contribution in [3.63, 3.8) is 0 Å². The molecule has 0 aliphatic heterocycles. The van der Waals surface area contributed by atoms with Crippen LogP contribution in [-0.4, -0.2) is 16.5 Å². The monoisotopic (exact) mass is 142 g/mol. The largest absolute Gasteiger partial charge is 0.396 e. The van der Waals surface area contributed by atoms with Crippen LogP contribution in [0.1, 0.15) is 12.8 Å². The molecule has 0 amide bonds. The van der Waals surface area contributed by atoms with E-state index >= 15 is 0 Å². The molecule has 0 aliphatic carbocycles. The van der Waals surface area contributed by atoms with Crippen molar-refractivity contribution in [1.82, 2.24) is 0 Å². The van der Waals surface area contributed by atoms with E-state index in [1.54, 1.807) is 0 Å². The van der Waals surface area contributed by atoms with E-state index in [4.69, 9.17) is 28.3 Å². The number of halogens is 2. The van der Waals surface area contributed by atoms with Gasteiger partial charge >= 0.3 is 0 Å². The van der Waals surface area contributed by atoms with Gasteiger partial charge in [-0.25, -0.2) is 0 Å². The molecule has 0 saturated heterocycles. The molecule has 0 aromatic heterocycles. The van der Waals surface area contributed by atoms with Crippen LogP contribution in [0.15, 0.2) is 0 Å². The van der Waals surface area contributed by atoms with Crippen LogP contribution >= 0.6 is 23.2 Å². The molecule has 0 aliphatic rings. The van der Waals surface area contributed by atoms with Gasteiger partial charge in [-0.15, -0.1) is 23.2 Å². The molecule has 0 aromatic carbocycles. The lowest BCUT2D eigenvalue weighted by atomic mass is 10.4. The first kappa shape index (κ1) is 7.54. The Hall–Kier alpha value is 0.540. The summed E-state index contributed by atoms with van der Waals surface area (Å²) in [4.78, 5) is -0.313. The molecule has 44 valence electrons. The van der Waals surface area contributed by atoms with E-state index in [1.165, 1.54) is 0 Å². The second-order valence-electron chi connectivity index (χ2n) is 1.26. The van der Waals surface area contributed by atoms with Gasteiger partial charge in [0.1, 0.15) is 4.84 Å². The van der Waals surface area contributed by atoms with E-state index < -0.39 is 0 Å². The Labute approximate surface area is 53.2 Å². The van der Waals surface area contributed by atoms with Crippen molar-refractivity contribution in [1.29, 1.82) is 0 Å². The van der Waals surface area contributed by atoms with Crippen molar-refractivity contribution in [2.75, 3.05) is 6.61 Å². The SMILES string of the molecule is OCCCC(Cl)Cl. The zero-order valence-electron chi connectivity index (χ0n) is 3.90. The number of hydrogen-bond donors (Lipinski definition) is 1. The molecule has 0 saturated carbocycles. The molecule has 0 heterocycles. The van der Waals surface area contributed by atoms with Crippen LogP contribution < -0.4 is 0 Å². The van der Waals surface area contributed by atoms with Gasteiger partial charge in [0.2, 0.25) is 0 Å². The van der Waals surface area contributed by atoms with E-state index in [0.29, 0.717) is 12.8 Å². The fourth-order valence-corrected chi connectivity index (χ4v) is 0.554. The summed E-state index contributed by atoms with van der Waals surface area (Å²) in [6.07, 6.45) is 1.37. The highest BCUT2D eigenvalue weighted by molar-refractivity contribution is 6.44. The molecule has 3 heteroatoms. The third-order valence-corrected chi connectivity index (χ3v) is 1.02. The molecule has 0 spiro atoms. The summed E-state index contributed by atoms with van der Waals surface area (Å²) in [5.41, 5.74) is 0. The quantitative estimate of drug-likeness (QED) is 0.594. The Balaban J connectivity index is 2.68. The van der Waals surface area contributed by atoms with Crippen LogP contribution in [0.25, 0.3) is 0 Å². The summed E-state index contributed by atoms with van der Waals surface area (Å²) in [5, 5.41) is 8.20. The van der Waals surface area contributed by atoms with Crippen LogP contribution in [0.4, 0.5) is 0 Å². The summed E-state index contributed by atoms with van der Waals surface area (Å²) in [7, 11) is 0. The van der Waals surface area contributed by atoms with Crippen molar-refractivity contribution >= 4 is 23.2 Å². The first-order valence-electron chi connectivity index (χ1n) is 2.16. The molecule has 0 unspecified atom stereocenters. The summed E-state index contributed by atoms with van der Waals surface area (Å²) in [6.45, 7) is 0.177. The van der Waals surface area contributed by atoms with Gasteiger partial charge in [0.25, 0.3) is 0 Å². The van der Waals surface area contributed by atoms with Crippen LogP contribution in [0.3, 0.4) is 0 Å². The zero-order valence-corrected chi connectivity index (χ0v) is 5.41. The number of rotatable bonds is 3. The van der Waals surface area contributed by atoms with Gasteiger partial charge in [-0.2, -0.15) is 0 Å². The Bertz CT molecular complexity index is 38.7. The maximum Gasteiger partial charge on any atom is 0.107 e. The maximum absolute atomic E-state index is 8.20. The van der Waals surface area contributed by atoms with Gasteiger partial charge in [-0.05, 0) is 12.8 Å². The van der Waals surface area contributed by atoms with Crippen molar-refractivity contribution in [2.24, 2.45) is 0 Å². The third kappa shape index (κ3) is 6.54. The average Bonchev–Trinajstić information content (AvgIpc) is 1.61. The van der Waals surface area contributed by atoms with Gasteiger partial charge in [0.15, 0.2) is 0 Å². The molecule has 0 fully saturated rings. The molecule has 1 N–H and O–H groups in total. The van der Waals surface area contributed by atoms with Crippen LogP contribution in [0, 0.1) is 0 Å². The molecule has 1 nitrogen and oxygen atoms in total. The molecule has 7 heavy (non-hydrogen) atoms. The highest BCUT2D eigenvalue weighted by atomic mass is 35.5. The number of alkyl halides is 2. The molecule has 0 bridgehead atoms. The minimum Gasteiger partial charge on any atom is -0.396 e. The fraction of sp³-hybridized carbons (Fsp3) is 1.00. The zero-order chi connectivity index (χ0) is 5.70. The topological polar surface area (TPSA) is 20.2 Å². The number of aliphatic hydroxyl groups is 1. The fourth-order valence-electron chi connectivity index (χ4n) is 0.246. The van der Waals surface area contributed by atoms with Crippen molar-refractivity contribution in [3.8, 4) is 0 Å². The van der Waals surface area contributed by atoms with E-state index in [9.17, 15) is 0 Å². The number of aliphatic hydroxyl groups excluding tert-OH is 1. The van der Waals surface area contributed by atoms with Crippen LogP contribution in [0.5, 0.6) is 0 Å². The lowest BCUT2D eigenvalue weighted by molar-refractivity contribution is 0.286. The second kappa shape index (κ2) is 4.69. The summed E-state index contributed by atoms with van der Waals surface area (Å²) >= 11 is 10.6. The molecule has 0 radical (unpaired) electrons. The maximum atomic E-state index is 8.20. The predicted molar refractivity (Wildman–Crippen MR) is 31.8 cm³/mol. The normalized spacial score (nSPS) is 10.3. The highest BCUT2D eigenvalue weighted by Crippen LogP contribution is 2.07. The van der Waals surface area contributed by atoms with Gasteiger partial charge in [-0.3, -0.25) is 0 Å². The summed E-state index contributed by atoms with van der Waals surface area (Å²) in [5.74, 6) is 0. The lowest BCUT2D eigenvalue weighted by Gasteiger charge is -1.94. The van der Waals surface area contributed by atoms with E-state index in [-0.39, 0.29) is 11.4 Å². The number of hydrogen-bond acceptors (Lipinski definition) is 1. The van der Waals surface area contributed by atoms with E-state index in [1.807, 2.05) is 0 Å². The Morgan fingerprint density at radius 1 is 1.43 bits per heavy atom. The van der Waals surface area contributed by atoms with Crippen LogP contribution in [0.2, 0.25) is 0 Å². The van der Waals surface area contributed by atoms with Crippen LogP contribution in [-0.2, 0) is 0 Å². The van der Waals surface area contributed by atoms with Gasteiger partial charge in [0.05, 0.1) is 0 Å². The van der Waals surface area contributed by atoms with E-state index in [2.05, 4.69) is 0 Å². The molecule has 0 atom stereocenters. The standard InChI is InChI=1S/C4H8Cl2O/c5-4(6)2-1-3-7/h4,7H,1-3H2. The first-order valence-corrected chi connectivity index (χ1v) is 3.03. The molecule has 0 aromatic rings. The van der Waals surface area contributed by atoms with Gasteiger partial charge < -0.3 is 5.11 Å². The van der Waals surface area contributed by atoms with Crippen molar-refractivity contribution in [2.45, 2.75) is 17.7 Å². The lowest BCUT2D eigenvalue weighted by Crippen LogP contribution is -1.88. The van der Waals surface area contributed by atoms with Crippen molar-refractivity contribution in [3.05, 3.63) is 0 Å². The second-order valence-corrected chi connectivity index (χ2v) is 2.53. The molecular formula is C4H8Cl2O. The Morgan fingerprint density at radius 3 is 2.14 bits per heavy atom. The average molecular weight is 143 g/mol.